The molecule has 5 nitrogen and oxygen atoms in total. The minimum Gasteiger partial charge on any atom is -0.382 e. The van der Waals surface area contributed by atoms with Gasteiger partial charge in [-0.2, -0.15) is 15.0 Å². The fourth-order valence-electron chi connectivity index (χ4n) is 2.72. The second kappa shape index (κ2) is 6.05. The lowest BCUT2D eigenvalue weighted by Gasteiger charge is -2.28. The Labute approximate surface area is 118 Å². The Balaban J connectivity index is 1.59. The van der Waals surface area contributed by atoms with Gasteiger partial charge in [-0.15, -0.1) is 0 Å². The molecule has 1 aromatic carbocycles. The van der Waals surface area contributed by atoms with Crippen LogP contribution in [0.2, 0.25) is 0 Å². The largest absolute Gasteiger partial charge is 0.382 e. The quantitative estimate of drug-likeness (QED) is 0.929. The molecule has 1 fully saturated rings. The van der Waals surface area contributed by atoms with Gasteiger partial charge in [-0.3, -0.25) is 0 Å². The average Bonchev–Trinajstić information content (AvgIpc) is 3.03. The molecule has 1 N–H and O–H groups in total. The first-order valence-electron chi connectivity index (χ1n) is 7.11. The number of rotatable bonds is 4. The van der Waals surface area contributed by atoms with Crippen LogP contribution in [0.5, 0.6) is 0 Å². The molecule has 0 aliphatic heterocycles. The van der Waals surface area contributed by atoms with Gasteiger partial charge in [-0.1, -0.05) is 0 Å². The fourth-order valence-corrected chi connectivity index (χ4v) is 2.72. The highest BCUT2D eigenvalue weighted by atomic mass is 16.5. The summed E-state index contributed by atoms with van der Waals surface area (Å²) in [6.45, 7) is 0. The molecule has 5 heteroatoms. The Hall–Kier alpha value is -1.88. The third-order valence-corrected chi connectivity index (χ3v) is 3.90. The highest BCUT2D eigenvalue weighted by molar-refractivity contribution is 5.48. The zero-order chi connectivity index (χ0) is 13.8. The lowest BCUT2D eigenvalue weighted by molar-refractivity contribution is 0.0682. The lowest BCUT2D eigenvalue weighted by atomic mass is 9.93. The second-order valence-corrected chi connectivity index (χ2v) is 5.22. The van der Waals surface area contributed by atoms with Gasteiger partial charge in [-0.25, -0.2) is 0 Å². The SMILES string of the molecule is COC1CCC(Nc2ccc(-n3nccn3)cc2)CC1. The van der Waals surface area contributed by atoms with E-state index in [1.165, 1.54) is 12.8 Å². The van der Waals surface area contributed by atoms with E-state index in [1.54, 1.807) is 24.3 Å². The molecule has 0 spiro atoms. The molecule has 0 bridgehead atoms. The number of ether oxygens (including phenoxy) is 1. The number of aromatic nitrogens is 3. The van der Waals surface area contributed by atoms with E-state index >= 15 is 0 Å². The number of benzene rings is 1. The molecule has 1 aliphatic rings. The summed E-state index contributed by atoms with van der Waals surface area (Å²) in [6.07, 6.45) is 8.43. The van der Waals surface area contributed by atoms with Crippen LogP contribution in [-0.4, -0.2) is 34.2 Å². The van der Waals surface area contributed by atoms with Crippen LogP contribution in [0.4, 0.5) is 5.69 Å². The first kappa shape index (κ1) is 13.1. The Morgan fingerprint density at radius 1 is 1.05 bits per heavy atom. The van der Waals surface area contributed by atoms with Gasteiger partial charge in [0.25, 0.3) is 0 Å². The number of hydrogen-bond acceptors (Lipinski definition) is 4. The van der Waals surface area contributed by atoms with Crippen molar-refractivity contribution in [3.8, 4) is 5.69 Å². The maximum absolute atomic E-state index is 5.40. The molecule has 0 unspecified atom stereocenters. The zero-order valence-corrected chi connectivity index (χ0v) is 11.7. The fraction of sp³-hybridized carbons (Fsp3) is 0.467. The molecule has 3 rings (SSSR count). The molecule has 1 saturated carbocycles. The molecular formula is C15H20N4O. The van der Waals surface area contributed by atoms with Gasteiger partial charge in [0, 0.05) is 18.8 Å². The molecule has 0 atom stereocenters. The van der Waals surface area contributed by atoms with E-state index in [1.807, 2.05) is 12.1 Å². The number of hydrogen-bond donors (Lipinski definition) is 1. The first-order valence-corrected chi connectivity index (χ1v) is 7.11. The van der Waals surface area contributed by atoms with Crippen molar-refractivity contribution in [1.29, 1.82) is 0 Å². The molecule has 0 saturated heterocycles. The predicted octanol–water partition coefficient (Wildman–Crippen LogP) is 2.64. The van der Waals surface area contributed by atoms with Gasteiger partial charge in [0.15, 0.2) is 0 Å². The molecule has 1 aliphatic carbocycles. The van der Waals surface area contributed by atoms with Crippen molar-refractivity contribution in [2.24, 2.45) is 0 Å². The monoisotopic (exact) mass is 272 g/mol. The van der Waals surface area contributed by atoms with Crippen molar-refractivity contribution in [1.82, 2.24) is 15.0 Å². The van der Waals surface area contributed by atoms with Gasteiger partial charge in [0.1, 0.15) is 0 Å². The van der Waals surface area contributed by atoms with E-state index in [9.17, 15) is 0 Å². The Morgan fingerprint density at radius 3 is 2.30 bits per heavy atom. The molecule has 106 valence electrons. The van der Waals surface area contributed by atoms with Gasteiger partial charge in [0.2, 0.25) is 0 Å². The average molecular weight is 272 g/mol. The highest BCUT2D eigenvalue weighted by Crippen LogP contribution is 2.24. The second-order valence-electron chi connectivity index (χ2n) is 5.22. The summed E-state index contributed by atoms with van der Waals surface area (Å²) in [4.78, 5) is 1.62. The molecule has 0 radical (unpaired) electrons. The van der Waals surface area contributed by atoms with E-state index in [4.69, 9.17) is 4.74 Å². The van der Waals surface area contributed by atoms with Crippen LogP contribution in [0.3, 0.4) is 0 Å². The predicted molar refractivity (Wildman–Crippen MR) is 78.0 cm³/mol. The minimum absolute atomic E-state index is 0.446. The van der Waals surface area contributed by atoms with Crippen molar-refractivity contribution in [3.05, 3.63) is 36.7 Å². The highest BCUT2D eigenvalue weighted by Gasteiger charge is 2.20. The van der Waals surface area contributed by atoms with Gasteiger partial charge < -0.3 is 10.1 Å². The minimum atomic E-state index is 0.446. The topological polar surface area (TPSA) is 52.0 Å². The summed E-state index contributed by atoms with van der Waals surface area (Å²) in [6, 6.07) is 8.78. The van der Waals surface area contributed by atoms with Crippen molar-refractivity contribution in [2.45, 2.75) is 37.8 Å². The maximum Gasteiger partial charge on any atom is 0.0858 e. The molecule has 2 aromatic rings. The summed E-state index contributed by atoms with van der Waals surface area (Å²) < 4.78 is 5.40. The standard InChI is InChI=1S/C15H20N4O/c1-20-15-8-4-13(5-9-15)18-12-2-6-14(7-3-12)19-16-10-11-17-19/h2-3,6-7,10-11,13,15,18H,4-5,8-9H2,1H3. The van der Waals surface area contributed by atoms with E-state index < -0.39 is 0 Å². The molecule has 0 amide bonds. The number of anilines is 1. The van der Waals surface area contributed by atoms with E-state index in [0.29, 0.717) is 12.1 Å². The summed E-state index contributed by atoms with van der Waals surface area (Å²) >= 11 is 0. The lowest BCUT2D eigenvalue weighted by Crippen LogP contribution is -2.29. The third kappa shape index (κ3) is 2.99. The van der Waals surface area contributed by atoms with Crippen molar-refractivity contribution in [2.75, 3.05) is 12.4 Å². The van der Waals surface area contributed by atoms with Crippen LogP contribution >= 0.6 is 0 Å². The van der Waals surface area contributed by atoms with Crippen LogP contribution < -0.4 is 5.32 Å². The van der Waals surface area contributed by atoms with E-state index in [0.717, 1.165) is 24.2 Å². The normalized spacial score (nSPS) is 22.6. The maximum atomic E-state index is 5.40. The Kier molecular flexibility index (Phi) is 3.97. The third-order valence-electron chi connectivity index (χ3n) is 3.90. The zero-order valence-electron chi connectivity index (χ0n) is 11.7. The Morgan fingerprint density at radius 2 is 1.70 bits per heavy atom. The number of nitrogens with one attached hydrogen (secondary N) is 1. The Bertz CT molecular complexity index is 515. The van der Waals surface area contributed by atoms with Gasteiger partial charge in [0.05, 0.1) is 24.2 Å². The smallest absolute Gasteiger partial charge is 0.0858 e. The molecule has 1 heterocycles. The van der Waals surface area contributed by atoms with Gasteiger partial charge >= 0.3 is 0 Å². The van der Waals surface area contributed by atoms with Crippen LogP contribution in [0.1, 0.15) is 25.7 Å². The number of nitrogens with zero attached hydrogens (tertiary/aromatic N) is 3. The van der Waals surface area contributed by atoms with Crippen LogP contribution in [0.15, 0.2) is 36.7 Å². The first-order chi connectivity index (χ1) is 9.85. The van der Waals surface area contributed by atoms with Crippen LogP contribution in [0.25, 0.3) is 5.69 Å². The van der Waals surface area contributed by atoms with Crippen LogP contribution in [0, 0.1) is 0 Å². The molecular weight excluding hydrogens is 252 g/mol. The summed E-state index contributed by atoms with van der Waals surface area (Å²) in [5.41, 5.74) is 2.13. The summed E-state index contributed by atoms with van der Waals surface area (Å²) in [5.74, 6) is 0. The van der Waals surface area contributed by atoms with Crippen LogP contribution in [-0.2, 0) is 4.74 Å². The summed E-state index contributed by atoms with van der Waals surface area (Å²) in [7, 11) is 1.81. The summed E-state index contributed by atoms with van der Waals surface area (Å²) in [5, 5.41) is 11.8. The molecule has 20 heavy (non-hydrogen) atoms. The van der Waals surface area contributed by atoms with Crippen molar-refractivity contribution >= 4 is 5.69 Å². The number of methoxy groups -OCH3 is 1. The van der Waals surface area contributed by atoms with Gasteiger partial charge in [-0.05, 0) is 49.9 Å². The molecule has 1 aromatic heterocycles. The van der Waals surface area contributed by atoms with Crippen molar-refractivity contribution in [3.63, 3.8) is 0 Å². The van der Waals surface area contributed by atoms with E-state index in [-0.39, 0.29) is 0 Å². The van der Waals surface area contributed by atoms with Crippen molar-refractivity contribution < 1.29 is 4.74 Å². The van der Waals surface area contributed by atoms with E-state index in [2.05, 4.69) is 27.6 Å².